The molecule has 1 aromatic heterocycles. The van der Waals surface area contributed by atoms with Gasteiger partial charge in [-0.3, -0.25) is 0 Å². The van der Waals surface area contributed by atoms with Crippen molar-refractivity contribution < 1.29 is 27.4 Å². The van der Waals surface area contributed by atoms with E-state index in [1.807, 2.05) is 0 Å². The molecule has 2 aromatic rings. The maximum atomic E-state index is 13.7. The van der Waals surface area contributed by atoms with E-state index >= 15 is 0 Å². The van der Waals surface area contributed by atoms with E-state index in [1.54, 1.807) is 0 Å². The number of anilines is 2. The molecule has 2 aliphatic heterocycles. The highest BCUT2D eigenvalue weighted by Gasteiger charge is 2.40. The summed E-state index contributed by atoms with van der Waals surface area (Å²) in [5.41, 5.74) is 6.19. The van der Waals surface area contributed by atoms with Crippen molar-refractivity contribution in [2.75, 3.05) is 44.0 Å². The summed E-state index contributed by atoms with van der Waals surface area (Å²) in [6, 6.07) is 2.51. The first-order chi connectivity index (χ1) is 15.2. The molecule has 2 atom stereocenters. The molecule has 32 heavy (non-hydrogen) atoms. The Bertz CT molecular complexity index is 1010. The zero-order chi connectivity index (χ0) is 23.0. The molecule has 2 N–H and O–H groups in total. The summed E-state index contributed by atoms with van der Waals surface area (Å²) in [5.74, 6) is 0.944. The second-order valence-electron chi connectivity index (χ2n) is 8.05. The highest BCUT2D eigenvalue weighted by molar-refractivity contribution is 6.31. The van der Waals surface area contributed by atoms with Crippen LogP contribution >= 0.6 is 11.6 Å². The number of hydrogen-bond donors (Lipinski definition) is 1. The first kappa shape index (κ1) is 22.9. The van der Waals surface area contributed by atoms with E-state index in [2.05, 4.69) is 21.8 Å². The van der Waals surface area contributed by atoms with Crippen LogP contribution in [0.2, 0.25) is 5.02 Å². The summed E-state index contributed by atoms with van der Waals surface area (Å²) in [6.07, 6.45) is -5.47. The van der Waals surface area contributed by atoms with Gasteiger partial charge in [0.1, 0.15) is 5.82 Å². The minimum absolute atomic E-state index is 0.0504. The normalized spacial score (nSPS) is 21.8. The highest BCUT2D eigenvalue weighted by Crippen LogP contribution is 2.44. The summed E-state index contributed by atoms with van der Waals surface area (Å²) in [7, 11) is 1.45. The minimum atomic E-state index is -4.65. The number of nitrogens with two attached hydrogens (primary N) is 1. The molecule has 0 saturated carbocycles. The number of fused-ring (bicyclic) bond motifs is 1. The van der Waals surface area contributed by atoms with Gasteiger partial charge in [0.15, 0.2) is 0 Å². The van der Waals surface area contributed by atoms with Crippen molar-refractivity contribution in [3.8, 4) is 6.01 Å². The monoisotopic (exact) mass is 472 g/mol. The van der Waals surface area contributed by atoms with Gasteiger partial charge in [-0.25, -0.2) is 0 Å². The Hall–Kier alpha value is -2.30. The van der Waals surface area contributed by atoms with Crippen LogP contribution in [0.5, 0.6) is 6.01 Å². The molecule has 3 heterocycles. The van der Waals surface area contributed by atoms with Crippen molar-refractivity contribution in [1.82, 2.24) is 9.97 Å². The number of hydrogen-bond acceptors (Lipinski definition) is 7. The van der Waals surface area contributed by atoms with Crippen LogP contribution in [0.25, 0.3) is 0 Å². The van der Waals surface area contributed by atoms with Crippen molar-refractivity contribution in [1.29, 1.82) is 0 Å². The third kappa shape index (κ3) is 4.57. The van der Waals surface area contributed by atoms with Crippen LogP contribution in [0.3, 0.4) is 0 Å². The van der Waals surface area contributed by atoms with Crippen molar-refractivity contribution in [2.24, 2.45) is 5.92 Å². The van der Waals surface area contributed by atoms with Crippen molar-refractivity contribution in [3.63, 3.8) is 0 Å². The number of ether oxygens (including phenoxy) is 3. The molecular weight excluding hydrogens is 449 g/mol. The van der Waals surface area contributed by atoms with Gasteiger partial charge in [0.25, 0.3) is 0 Å². The number of alkyl halides is 3. The SMILES string of the molecule is COc1nc2c(c(N3CCOCC(C)C3)n1)COC(c1cc(N)cc(Cl)c1C(F)(F)F)C2. The van der Waals surface area contributed by atoms with Gasteiger partial charge in [0.2, 0.25) is 0 Å². The Morgan fingerprint density at radius 1 is 1.28 bits per heavy atom. The molecule has 1 aromatic carbocycles. The maximum absolute atomic E-state index is 13.7. The fourth-order valence-electron chi connectivity index (χ4n) is 4.16. The average Bonchev–Trinajstić information content (AvgIpc) is 2.95. The van der Waals surface area contributed by atoms with Crippen LogP contribution in [0, 0.1) is 5.92 Å². The largest absolute Gasteiger partial charge is 0.467 e. The molecule has 1 fully saturated rings. The van der Waals surface area contributed by atoms with Crippen LogP contribution in [0.4, 0.5) is 24.7 Å². The standard InChI is InChI=1S/C21H24ClF3N4O3/c1-11-8-29(3-4-31-9-11)19-14-10-32-17(7-16(14)27-20(28-19)30-2)13-5-12(26)6-15(22)18(13)21(23,24)25/h5-6,11,17H,3-4,7-10,26H2,1-2H3. The third-order valence-corrected chi connectivity index (χ3v) is 5.85. The van der Waals surface area contributed by atoms with E-state index in [1.165, 1.54) is 13.2 Å². The summed E-state index contributed by atoms with van der Waals surface area (Å²) in [6.45, 7) is 4.68. The molecule has 0 radical (unpaired) electrons. The van der Waals surface area contributed by atoms with Crippen LogP contribution in [0.15, 0.2) is 12.1 Å². The van der Waals surface area contributed by atoms with E-state index < -0.39 is 22.9 Å². The number of methoxy groups -OCH3 is 1. The first-order valence-electron chi connectivity index (χ1n) is 10.2. The van der Waals surface area contributed by atoms with Gasteiger partial charge >= 0.3 is 12.2 Å². The number of nitrogen functional groups attached to an aromatic ring is 1. The van der Waals surface area contributed by atoms with Crippen molar-refractivity contribution >= 4 is 23.1 Å². The fraction of sp³-hybridized carbons (Fsp3) is 0.524. The average molecular weight is 473 g/mol. The zero-order valence-corrected chi connectivity index (χ0v) is 18.5. The second kappa shape index (κ2) is 8.92. The lowest BCUT2D eigenvalue weighted by Crippen LogP contribution is -2.32. The summed E-state index contributed by atoms with van der Waals surface area (Å²) < 4.78 is 58.1. The Kier molecular flexibility index (Phi) is 6.37. The van der Waals surface area contributed by atoms with E-state index in [0.717, 1.165) is 18.2 Å². The van der Waals surface area contributed by atoms with E-state index in [4.69, 9.17) is 31.5 Å². The smallest absolute Gasteiger partial charge is 0.418 e. The van der Waals surface area contributed by atoms with Gasteiger partial charge in [-0.1, -0.05) is 18.5 Å². The Morgan fingerprint density at radius 3 is 2.78 bits per heavy atom. The number of rotatable bonds is 3. The third-order valence-electron chi connectivity index (χ3n) is 5.55. The number of halogens is 4. The molecule has 174 valence electrons. The predicted octanol–water partition coefficient (Wildman–Crippen LogP) is 4.03. The Balaban J connectivity index is 1.74. The predicted molar refractivity (Wildman–Crippen MR) is 113 cm³/mol. The Labute approximate surface area is 188 Å². The summed E-state index contributed by atoms with van der Waals surface area (Å²) in [4.78, 5) is 11.0. The van der Waals surface area contributed by atoms with E-state index in [0.29, 0.717) is 31.3 Å². The van der Waals surface area contributed by atoms with Crippen molar-refractivity contribution in [2.45, 2.75) is 32.2 Å². The molecule has 1 saturated heterocycles. The molecule has 2 aliphatic rings. The molecule has 0 bridgehead atoms. The molecule has 0 aliphatic carbocycles. The fourth-order valence-corrected chi connectivity index (χ4v) is 4.50. The van der Waals surface area contributed by atoms with E-state index in [-0.39, 0.29) is 36.2 Å². The van der Waals surface area contributed by atoms with Gasteiger partial charge in [-0.2, -0.15) is 23.1 Å². The topological polar surface area (TPSA) is 82.7 Å². The number of aromatic nitrogens is 2. The summed E-state index contributed by atoms with van der Waals surface area (Å²) >= 11 is 5.92. The van der Waals surface area contributed by atoms with Crippen LogP contribution in [0.1, 0.15) is 35.4 Å². The first-order valence-corrected chi connectivity index (χ1v) is 10.6. The molecular formula is C21H24ClF3N4O3. The summed E-state index contributed by atoms with van der Waals surface area (Å²) in [5, 5.41) is -0.457. The highest BCUT2D eigenvalue weighted by atomic mass is 35.5. The molecule has 11 heteroatoms. The second-order valence-corrected chi connectivity index (χ2v) is 8.46. The minimum Gasteiger partial charge on any atom is -0.467 e. The molecule has 0 amide bonds. The van der Waals surface area contributed by atoms with Crippen LogP contribution < -0.4 is 15.4 Å². The van der Waals surface area contributed by atoms with Gasteiger partial charge in [0, 0.05) is 30.8 Å². The van der Waals surface area contributed by atoms with Gasteiger partial charge < -0.3 is 24.8 Å². The number of nitrogens with zero attached hydrogens (tertiary/aromatic N) is 3. The molecule has 4 rings (SSSR count). The van der Waals surface area contributed by atoms with Crippen LogP contribution in [-0.4, -0.2) is 43.4 Å². The van der Waals surface area contributed by atoms with Gasteiger partial charge in [0.05, 0.1) is 49.3 Å². The van der Waals surface area contributed by atoms with Gasteiger partial charge in [-0.15, -0.1) is 0 Å². The zero-order valence-electron chi connectivity index (χ0n) is 17.7. The molecule has 0 spiro atoms. The lowest BCUT2D eigenvalue weighted by molar-refractivity contribution is -0.139. The van der Waals surface area contributed by atoms with Crippen molar-refractivity contribution in [3.05, 3.63) is 39.5 Å². The maximum Gasteiger partial charge on any atom is 0.418 e. The molecule has 2 unspecified atom stereocenters. The number of benzene rings is 1. The Morgan fingerprint density at radius 2 is 2.06 bits per heavy atom. The lowest BCUT2D eigenvalue weighted by atomic mass is 9.94. The van der Waals surface area contributed by atoms with Crippen LogP contribution in [-0.2, 0) is 28.7 Å². The quantitative estimate of drug-likeness (QED) is 0.675. The molecule has 7 nitrogen and oxygen atoms in total. The van der Waals surface area contributed by atoms with E-state index in [9.17, 15) is 13.2 Å². The lowest BCUT2D eigenvalue weighted by Gasteiger charge is -2.32. The van der Waals surface area contributed by atoms with Gasteiger partial charge in [-0.05, 0) is 23.6 Å².